The third-order valence-corrected chi connectivity index (χ3v) is 3.01. The Kier molecular flexibility index (Phi) is 3.45. The first-order chi connectivity index (χ1) is 7.81. The molecule has 88 valence electrons. The Morgan fingerprint density at radius 1 is 1.50 bits per heavy atom. The molecule has 0 aromatic carbocycles. The monoisotopic (exact) mass is 225 g/mol. The van der Waals surface area contributed by atoms with Gasteiger partial charge in [0.2, 0.25) is 0 Å². The number of hydrogen-bond donors (Lipinski definition) is 3. The van der Waals surface area contributed by atoms with E-state index in [9.17, 15) is 9.90 Å². The van der Waals surface area contributed by atoms with Gasteiger partial charge in [-0.15, -0.1) is 10.2 Å². The second-order valence-electron chi connectivity index (χ2n) is 4.04. The van der Waals surface area contributed by atoms with Gasteiger partial charge in [-0.25, -0.2) is 0 Å². The summed E-state index contributed by atoms with van der Waals surface area (Å²) in [6.45, 7) is 0.108. The summed E-state index contributed by atoms with van der Waals surface area (Å²) in [5, 5.41) is 24.8. The second-order valence-corrected chi connectivity index (χ2v) is 4.04. The zero-order chi connectivity index (χ0) is 11.4. The number of aromatic nitrogens is 4. The summed E-state index contributed by atoms with van der Waals surface area (Å²) in [5.41, 5.74) is 0. The van der Waals surface area contributed by atoms with Crippen molar-refractivity contribution in [3.63, 3.8) is 0 Å². The average Bonchev–Trinajstić information content (AvgIpc) is 2.83. The van der Waals surface area contributed by atoms with E-state index in [0.717, 1.165) is 25.7 Å². The molecule has 1 heterocycles. The Morgan fingerprint density at radius 3 is 3.00 bits per heavy atom. The Bertz CT molecular complexity index is 340. The minimum atomic E-state index is -0.334. The van der Waals surface area contributed by atoms with Gasteiger partial charge in [-0.3, -0.25) is 4.79 Å². The van der Waals surface area contributed by atoms with Crippen LogP contribution in [0.2, 0.25) is 0 Å². The van der Waals surface area contributed by atoms with Gasteiger partial charge in [-0.05, 0) is 18.1 Å². The molecule has 7 nitrogen and oxygen atoms in total. The van der Waals surface area contributed by atoms with E-state index in [0.29, 0.717) is 0 Å². The number of nitrogens with zero attached hydrogens (tertiary/aromatic N) is 3. The van der Waals surface area contributed by atoms with E-state index in [4.69, 9.17) is 0 Å². The van der Waals surface area contributed by atoms with E-state index >= 15 is 0 Å². The number of carbonyl (C=O) groups is 1. The summed E-state index contributed by atoms with van der Waals surface area (Å²) in [5.74, 6) is -0.147. The van der Waals surface area contributed by atoms with Crippen LogP contribution >= 0.6 is 0 Å². The molecule has 0 radical (unpaired) electrons. The van der Waals surface area contributed by atoms with Crippen molar-refractivity contribution in [3.8, 4) is 0 Å². The number of nitrogens with one attached hydrogen (secondary N) is 2. The smallest absolute Gasteiger partial charge is 0.293 e. The molecule has 1 aliphatic rings. The van der Waals surface area contributed by atoms with Crippen LogP contribution in [0.25, 0.3) is 0 Å². The number of carbonyl (C=O) groups excluding carboxylic acids is 1. The molecule has 1 aliphatic carbocycles. The first-order valence-corrected chi connectivity index (χ1v) is 5.46. The van der Waals surface area contributed by atoms with Crippen LogP contribution in [0.15, 0.2) is 0 Å². The van der Waals surface area contributed by atoms with E-state index in [-0.39, 0.29) is 30.3 Å². The van der Waals surface area contributed by atoms with Gasteiger partial charge >= 0.3 is 0 Å². The predicted molar refractivity (Wildman–Crippen MR) is 54.5 cm³/mol. The summed E-state index contributed by atoms with van der Waals surface area (Å²) >= 11 is 0. The third-order valence-electron chi connectivity index (χ3n) is 3.01. The van der Waals surface area contributed by atoms with Gasteiger partial charge in [0.15, 0.2) is 0 Å². The SMILES string of the molecule is O=C(NC1CCCCC1CO)c1nn[nH]n1. The highest BCUT2D eigenvalue weighted by atomic mass is 16.3. The van der Waals surface area contributed by atoms with Crippen molar-refractivity contribution in [2.24, 2.45) is 5.92 Å². The van der Waals surface area contributed by atoms with Crippen LogP contribution in [0.1, 0.15) is 36.3 Å². The van der Waals surface area contributed by atoms with Crippen LogP contribution in [0.3, 0.4) is 0 Å². The van der Waals surface area contributed by atoms with Crippen molar-refractivity contribution in [2.75, 3.05) is 6.61 Å². The van der Waals surface area contributed by atoms with E-state index in [1.807, 2.05) is 0 Å². The quantitative estimate of drug-likeness (QED) is 0.642. The van der Waals surface area contributed by atoms with Gasteiger partial charge in [0.05, 0.1) is 0 Å². The molecule has 0 bridgehead atoms. The minimum absolute atomic E-state index is 0.0183. The van der Waals surface area contributed by atoms with Crippen molar-refractivity contribution in [1.29, 1.82) is 0 Å². The lowest BCUT2D eigenvalue weighted by molar-refractivity contribution is 0.0862. The molecule has 16 heavy (non-hydrogen) atoms. The number of amides is 1. The van der Waals surface area contributed by atoms with Crippen LogP contribution in [0, 0.1) is 5.92 Å². The molecule has 1 fully saturated rings. The highest BCUT2D eigenvalue weighted by Crippen LogP contribution is 2.23. The molecular weight excluding hydrogens is 210 g/mol. The van der Waals surface area contributed by atoms with Crippen molar-refractivity contribution in [1.82, 2.24) is 25.9 Å². The number of rotatable bonds is 3. The minimum Gasteiger partial charge on any atom is -0.396 e. The van der Waals surface area contributed by atoms with E-state index < -0.39 is 0 Å². The lowest BCUT2D eigenvalue weighted by Gasteiger charge is -2.30. The van der Waals surface area contributed by atoms with Crippen LogP contribution in [-0.4, -0.2) is 44.3 Å². The zero-order valence-corrected chi connectivity index (χ0v) is 8.89. The third kappa shape index (κ3) is 2.35. The number of hydrogen-bond acceptors (Lipinski definition) is 5. The van der Waals surface area contributed by atoms with Gasteiger partial charge in [0.25, 0.3) is 11.7 Å². The Labute approximate surface area is 92.6 Å². The molecule has 0 saturated heterocycles. The van der Waals surface area contributed by atoms with Crippen molar-refractivity contribution < 1.29 is 9.90 Å². The van der Waals surface area contributed by atoms with Gasteiger partial charge in [0.1, 0.15) is 0 Å². The molecule has 1 aromatic heterocycles. The molecule has 1 saturated carbocycles. The lowest BCUT2D eigenvalue weighted by atomic mass is 9.85. The summed E-state index contributed by atoms with van der Waals surface area (Å²) in [4.78, 5) is 11.7. The average molecular weight is 225 g/mol. The van der Waals surface area contributed by atoms with Crippen LogP contribution < -0.4 is 5.32 Å². The maximum absolute atomic E-state index is 11.7. The van der Waals surface area contributed by atoms with Gasteiger partial charge in [-0.1, -0.05) is 12.8 Å². The van der Waals surface area contributed by atoms with E-state index in [1.165, 1.54) is 0 Å². The van der Waals surface area contributed by atoms with Crippen LogP contribution in [-0.2, 0) is 0 Å². The fraction of sp³-hybridized carbons (Fsp3) is 0.778. The van der Waals surface area contributed by atoms with E-state index in [2.05, 4.69) is 25.9 Å². The molecule has 3 N–H and O–H groups in total. The molecular formula is C9H15N5O2. The molecule has 2 rings (SSSR count). The molecule has 1 amide bonds. The molecule has 2 unspecified atom stereocenters. The summed E-state index contributed by atoms with van der Waals surface area (Å²) < 4.78 is 0. The largest absolute Gasteiger partial charge is 0.396 e. The Balaban J connectivity index is 1.95. The maximum Gasteiger partial charge on any atom is 0.293 e. The molecule has 2 atom stereocenters. The normalized spacial score (nSPS) is 25.3. The summed E-state index contributed by atoms with van der Waals surface area (Å²) in [7, 11) is 0. The standard InChI is InChI=1S/C9H15N5O2/c15-5-6-3-1-2-4-7(6)10-9(16)8-11-13-14-12-8/h6-7,15H,1-5H2,(H,10,16)(H,11,12,13,14). The molecule has 1 aromatic rings. The number of tetrazole rings is 1. The molecule has 0 aliphatic heterocycles. The zero-order valence-electron chi connectivity index (χ0n) is 8.89. The van der Waals surface area contributed by atoms with E-state index in [1.54, 1.807) is 0 Å². The topological polar surface area (TPSA) is 104 Å². The first kappa shape index (κ1) is 11.0. The molecule has 7 heteroatoms. The summed E-state index contributed by atoms with van der Waals surface area (Å²) in [6.07, 6.45) is 4.04. The van der Waals surface area contributed by atoms with Gasteiger partial charge < -0.3 is 10.4 Å². The van der Waals surface area contributed by atoms with Crippen molar-refractivity contribution in [3.05, 3.63) is 5.82 Å². The van der Waals surface area contributed by atoms with Crippen LogP contribution in [0.4, 0.5) is 0 Å². The number of aliphatic hydroxyl groups excluding tert-OH is 1. The summed E-state index contributed by atoms with van der Waals surface area (Å²) in [6, 6.07) is 0.0183. The number of aliphatic hydroxyl groups is 1. The number of aromatic amines is 1. The van der Waals surface area contributed by atoms with Gasteiger partial charge in [0, 0.05) is 18.6 Å². The van der Waals surface area contributed by atoms with Crippen molar-refractivity contribution in [2.45, 2.75) is 31.7 Å². The van der Waals surface area contributed by atoms with Crippen LogP contribution in [0.5, 0.6) is 0 Å². The maximum atomic E-state index is 11.7. The van der Waals surface area contributed by atoms with Gasteiger partial charge in [-0.2, -0.15) is 5.21 Å². The second kappa shape index (κ2) is 5.02. The fourth-order valence-electron chi connectivity index (χ4n) is 2.11. The highest BCUT2D eigenvalue weighted by molar-refractivity contribution is 5.90. The Morgan fingerprint density at radius 2 is 2.31 bits per heavy atom. The Hall–Kier alpha value is -1.50. The predicted octanol–water partition coefficient (Wildman–Crippen LogP) is -0.519. The highest BCUT2D eigenvalue weighted by Gasteiger charge is 2.27. The number of H-pyrrole nitrogens is 1. The van der Waals surface area contributed by atoms with Crippen molar-refractivity contribution >= 4 is 5.91 Å². The molecule has 0 spiro atoms. The fourth-order valence-corrected chi connectivity index (χ4v) is 2.11. The first-order valence-electron chi connectivity index (χ1n) is 5.46. The lowest BCUT2D eigenvalue weighted by Crippen LogP contribution is -2.43.